The van der Waals surface area contributed by atoms with Crippen LogP contribution in [0.5, 0.6) is 0 Å². The van der Waals surface area contributed by atoms with E-state index < -0.39 is 0 Å². The highest BCUT2D eigenvalue weighted by Crippen LogP contribution is 2.77. The predicted octanol–water partition coefficient (Wildman–Crippen LogP) is 11.0. The molecule has 10 atom stereocenters. The zero-order valence-electron chi connectivity index (χ0n) is 34.0. The Morgan fingerprint density at radius 2 is 1.69 bits per heavy atom. The maximum Gasteiger partial charge on any atom is 0.338 e. The van der Waals surface area contributed by atoms with E-state index in [1.807, 2.05) is 26.0 Å². The zero-order chi connectivity index (χ0) is 36.6. The van der Waals surface area contributed by atoms with Gasteiger partial charge in [0, 0.05) is 19.1 Å². The molecule has 5 fully saturated rings. The molecule has 4 heteroatoms. The molecule has 1 heterocycles. The summed E-state index contributed by atoms with van der Waals surface area (Å²) in [6, 6.07) is 9.01. The number of hydrogen-bond acceptors (Lipinski definition) is 4. The number of nitrogens with zero attached hydrogens (tertiary/aromatic N) is 1. The van der Waals surface area contributed by atoms with Gasteiger partial charge in [0.05, 0.1) is 11.7 Å². The van der Waals surface area contributed by atoms with Crippen LogP contribution in [0.25, 0.3) is 5.57 Å². The molecule has 5 aliphatic carbocycles. The topological polar surface area (TPSA) is 41.6 Å². The number of hydrogen-bond donors (Lipinski definition) is 1. The lowest BCUT2D eigenvalue weighted by Crippen LogP contribution is -2.66. The minimum atomic E-state index is -0.229. The van der Waals surface area contributed by atoms with Gasteiger partial charge in [0.2, 0.25) is 0 Å². The number of likely N-dealkylation sites (tertiary alicyclic amines) is 1. The Morgan fingerprint density at radius 1 is 0.941 bits per heavy atom. The monoisotopic (exact) mass is 697 g/mol. The molecule has 6 aliphatic rings. The van der Waals surface area contributed by atoms with Crippen LogP contribution in [-0.2, 0) is 4.74 Å². The van der Waals surface area contributed by atoms with Crippen molar-refractivity contribution in [2.24, 2.45) is 56.7 Å². The second kappa shape index (κ2) is 13.4. The van der Waals surface area contributed by atoms with Crippen molar-refractivity contribution in [3.05, 3.63) is 53.6 Å². The van der Waals surface area contributed by atoms with Gasteiger partial charge in [-0.15, -0.1) is 0 Å². The maximum absolute atomic E-state index is 12.6. The molecule has 51 heavy (non-hydrogen) atoms. The third-order valence-electron chi connectivity index (χ3n) is 17.4. The second-order valence-corrected chi connectivity index (χ2v) is 20.2. The van der Waals surface area contributed by atoms with Gasteiger partial charge in [0.15, 0.2) is 0 Å². The van der Waals surface area contributed by atoms with Gasteiger partial charge in [0.25, 0.3) is 0 Å². The minimum Gasteiger partial charge on any atom is -0.459 e. The van der Waals surface area contributed by atoms with E-state index in [9.17, 15) is 4.79 Å². The molecule has 1 N–H and O–H groups in total. The summed E-state index contributed by atoms with van der Waals surface area (Å²) < 4.78 is 5.48. The molecular formula is C47H72N2O2. The first-order valence-corrected chi connectivity index (χ1v) is 21.2. The van der Waals surface area contributed by atoms with Gasteiger partial charge in [-0.2, -0.15) is 0 Å². The van der Waals surface area contributed by atoms with Crippen LogP contribution in [0.4, 0.5) is 0 Å². The third kappa shape index (κ3) is 5.86. The van der Waals surface area contributed by atoms with Gasteiger partial charge in [0.1, 0.15) is 0 Å². The van der Waals surface area contributed by atoms with E-state index in [0.717, 1.165) is 30.2 Å². The Morgan fingerprint density at radius 3 is 2.37 bits per heavy atom. The molecule has 1 unspecified atom stereocenters. The number of ether oxygens (including phenoxy) is 1. The number of esters is 1. The zero-order valence-corrected chi connectivity index (χ0v) is 34.0. The first-order valence-electron chi connectivity index (χ1n) is 21.2. The van der Waals surface area contributed by atoms with Crippen molar-refractivity contribution in [2.75, 3.05) is 26.2 Å². The highest BCUT2D eigenvalue weighted by atomic mass is 16.5. The third-order valence-corrected chi connectivity index (χ3v) is 17.4. The summed E-state index contributed by atoms with van der Waals surface area (Å²) >= 11 is 0. The van der Waals surface area contributed by atoms with Gasteiger partial charge in [-0.1, -0.05) is 71.9 Å². The van der Waals surface area contributed by atoms with Gasteiger partial charge in [-0.25, -0.2) is 4.79 Å². The average Bonchev–Trinajstić information content (AvgIpc) is 3.69. The van der Waals surface area contributed by atoms with Crippen molar-refractivity contribution in [2.45, 2.75) is 145 Å². The van der Waals surface area contributed by atoms with E-state index in [4.69, 9.17) is 4.74 Å². The second-order valence-electron chi connectivity index (χ2n) is 20.2. The van der Waals surface area contributed by atoms with E-state index in [1.165, 1.54) is 107 Å². The number of fused-ring (bicyclic) bond motifs is 7. The van der Waals surface area contributed by atoms with Crippen molar-refractivity contribution in [3.8, 4) is 0 Å². The summed E-state index contributed by atoms with van der Waals surface area (Å²) in [6.07, 6.45) is 17.4. The number of carbonyl (C=O) groups is 1. The van der Waals surface area contributed by atoms with Crippen LogP contribution in [0, 0.1) is 56.7 Å². The molecule has 4 saturated carbocycles. The van der Waals surface area contributed by atoms with E-state index in [0.29, 0.717) is 39.1 Å². The number of allylic oxidation sites excluding steroid dienone is 3. The van der Waals surface area contributed by atoms with Crippen molar-refractivity contribution >= 4 is 11.5 Å². The molecule has 1 saturated heterocycles. The van der Waals surface area contributed by atoms with Crippen molar-refractivity contribution in [3.63, 3.8) is 0 Å². The molecule has 282 valence electrons. The summed E-state index contributed by atoms with van der Waals surface area (Å²) in [4.78, 5) is 15.3. The van der Waals surface area contributed by atoms with Crippen LogP contribution in [0.3, 0.4) is 0 Å². The smallest absolute Gasteiger partial charge is 0.338 e. The van der Waals surface area contributed by atoms with Gasteiger partial charge >= 0.3 is 5.97 Å². The Bertz CT molecular complexity index is 1510. The molecule has 1 aromatic rings. The molecule has 0 amide bonds. The Balaban J connectivity index is 1.14. The fourth-order valence-corrected chi connectivity index (χ4v) is 14.8. The standard InChI is InChI=1S/C47H72N2O2/c1-11-49-28-12-13-35(49)29-48-30-47-25-20-36(31(2)3)41(47)38-18-19-40-44(8)23-21-37(33-14-16-34(17-15-33)42(50)51-32(4)5)43(6,7)39(44)22-24-46(40,10)45(38,9)26-27-47/h14-17,21,32,35-36,38-41,48H,2,11-13,18-20,22-30H2,1,3-10H3/t35?,36-,38+,39-,40+,41+,44-,45+,46+,47+/m0/s1. The molecule has 4 nitrogen and oxygen atoms in total. The van der Waals surface area contributed by atoms with E-state index in [1.54, 1.807) is 0 Å². The SMILES string of the molecule is C=C(C)[C@@H]1CC[C@]2(CNCC3CCCN3CC)CC[C@]3(C)[C@H](CC[C@@H]4[C@@]5(C)CC=C(c6ccc(C(=O)OC(C)C)cc6)C(C)(C)[C@@H]5CC[C@]43C)[C@@H]12. The fraction of sp³-hybridized carbons (Fsp3) is 0.766. The number of benzene rings is 1. The highest BCUT2D eigenvalue weighted by Gasteiger charge is 2.70. The fourth-order valence-electron chi connectivity index (χ4n) is 14.8. The molecule has 7 rings (SSSR count). The number of rotatable bonds is 9. The maximum atomic E-state index is 12.6. The minimum absolute atomic E-state index is 0.0720. The van der Waals surface area contributed by atoms with Crippen LogP contribution < -0.4 is 5.32 Å². The molecular weight excluding hydrogens is 625 g/mol. The molecule has 1 aromatic carbocycles. The van der Waals surface area contributed by atoms with Crippen molar-refractivity contribution < 1.29 is 9.53 Å². The predicted molar refractivity (Wildman–Crippen MR) is 212 cm³/mol. The average molecular weight is 697 g/mol. The molecule has 0 bridgehead atoms. The van der Waals surface area contributed by atoms with E-state index in [2.05, 4.69) is 83.5 Å². The quantitative estimate of drug-likeness (QED) is 0.206. The molecule has 1 aliphatic heterocycles. The summed E-state index contributed by atoms with van der Waals surface area (Å²) in [5.41, 5.74) is 6.37. The molecule has 0 radical (unpaired) electrons. The lowest BCUT2D eigenvalue weighted by molar-refractivity contribution is -0.225. The normalized spacial score (nSPS) is 41.6. The van der Waals surface area contributed by atoms with Crippen LogP contribution in [0.1, 0.15) is 149 Å². The number of carbonyl (C=O) groups excluding carboxylic acids is 1. The van der Waals surface area contributed by atoms with Crippen molar-refractivity contribution in [1.29, 1.82) is 0 Å². The summed E-state index contributed by atoms with van der Waals surface area (Å²) in [7, 11) is 0. The number of likely N-dealkylation sites (N-methyl/N-ethyl adjacent to an activating group) is 1. The Kier molecular flexibility index (Phi) is 9.85. The van der Waals surface area contributed by atoms with Gasteiger partial charge in [-0.3, -0.25) is 4.90 Å². The van der Waals surface area contributed by atoms with Crippen molar-refractivity contribution in [1.82, 2.24) is 10.2 Å². The van der Waals surface area contributed by atoms with E-state index >= 15 is 0 Å². The summed E-state index contributed by atoms with van der Waals surface area (Å²) in [5.74, 6) is 3.40. The van der Waals surface area contributed by atoms with E-state index in [-0.39, 0.29) is 17.5 Å². The molecule has 0 spiro atoms. The summed E-state index contributed by atoms with van der Waals surface area (Å²) in [6.45, 7) is 31.4. The first-order chi connectivity index (χ1) is 24.1. The first kappa shape index (κ1) is 37.4. The van der Waals surface area contributed by atoms with Crippen LogP contribution in [0.2, 0.25) is 0 Å². The van der Waals surface area contributed by atoms with Crippen LogP contribution in [-0.4, -0.2) is 49.2 Å². The Hall–Kier alpha value is -1.91. The van der Waals surface area contributed by atoms with Crippen LogP contribution >= 0.6 is 0 Å². The highest BCUT2D eigenvalue weighted by molar-refractivity contribution is 5.90. The van der Waals surface area contributed by atoms with Gasteiger partial charge in [-0.05, 0) is 184 Å². The Labute approximate surface area is 312 Å². The number of nitrogens with one attached hydrogen (secondary N) is 1. The molecule has 0 aromatic heterocycles. The van der Waals surface area contributed by atoms with Crippen LogP contribution in [0.15, 0.2) is 42.5 Å². The largest absolute Gasteiger partial charge is 0.459 e. The van der Waals surface area contributed by atoms with Gasteiger partial charge < -0.3 is 10.1 Å². The summed E-state index contributed by atoms with van der Waals surface area (Å²) in [5, 5.41) is 4.14. The lowest BCUT2D eigenvalue weighted by Gasteiger charge is -2.72. The lowest BCUT2D eigenvalue weighted by atomic mass is 9.32.